The molecular formula is C22H36F2N2O5. The van der Waals surface area contributed by atoms with Crippen LogP contribution in [0.25, 0.3) is 0 Å². The Kier molecular flexibility index (Phi) is 6.70. The molecule has 1 aliphatic carbocycles. The second-order valence-electron chi connectivity index (χ2n) is 11.1. The predicted octanol–water partition coefficient (Wildman–Crippen LogP) is 4.29. The summed E-state index contributed by atoms with van der Waals surface area (Å²) < 4.78 is 32.9. The highest BCUT2D eigenvalue weighted by atomic mass is 19.3. The summed E-state index contributed by atoms with van der Waals surface area (Å²) in [7, 11) is 0. The molecule has 7 nitrogen and oxygen atoms in total. The van der Waals surface area contributed by atoms with Crippen molar-refractivity contribution in [3.63, 3.8) is 0 Å². The number of hydrogen-bond donors (Lipinski definition) is 1. The van der Waals surface area contributed by atoms with Gasteiger partial charge in [0.1, 0.15) is 11.1 Å². The number of carbonyl (C=O) groups excluding carboxylic acids is 2. The van der Waals surface area contributed by atoms with Crippen LogP contribution in [0.2, 0.25) is 0 Å². The second-order valence-corrected chi connectivity index (χ2v) is 11.1. The number of rotatable bonds is 3. The number of carboxylic acid groups (broad SMARTS) is 1. The molecule has 1 aliphatic heterocycles. The summed E-state index contributed by atoms with van der Waals surface area (Å²) in [6.07, 6.45) is -1.10. The zero-order valence-electron chi connectivity index (χ0n) is 19.6. The van der Waals surface area contributed by atoms with Gasteiger partial charge in [-0.25, -0.2) is 18.4 Å². The number of amides is 2. The molecule has 2 atom stereocenters. The number of nitrogens with zero attached hydrogens (tertiary/aromatic N) is 2. The molecule has 0 aromatic heterocycles. The van der Waals surface area contributed by atoms with E-state index in [0.717, 1.165) is 4.90 Å². The normalized spacial score (nSPS) is 27.1. The monoisotopic (exact) mass is 446 g/mol. The van der Waals surface area contributed by atoms with Gasteiger partial charge in [0.25, 0.3) is 0 Å². The van der Waals surface area contributed by atoms with Gasteiger partial charge < -0.3 is 14.7 Å². The van der Waals surface area contributed by atoms with Gasteiger partial charge in [-0.3, -0.25) is 9.69 Å². The molecule has 1 saturated carbocycles. The number of halogens is 2. The fourth-order valence-corrected chi connectivity index (χ4v) is 4.35. The number of carbonyl (C=O) groups is 3. The van der Waals surface area contributed by atoms with Crippen LogP contribution in [0.5, 0.6) is 0 Å². The Bertz CT molecular complexity index is 718. The van der Waals surface area contributed by atoms with Gasteiger partial charge in [-0.15, -0.1) is 0 Å². The third-order valence-electron chi connectivity index (χ3n) is 6.05. The second kappa shape index (κ2) is 8.20. The highest BCUT2D eigenvalue weighted by Crippen LogP contribution is 2.41. The zero-order valence-corrected chi connectivity index (χ0v) is 19.6. The van der Waals surface area contributed by atoms with E-state index < -0.39 is 46.6 Å². The van der Waals surface area contributed by atoms with E-state index in [2.05, 4.69) is 0 Å². The highest BCUT2D eigenvalue weighted by Gasteiger charge is 2.55. The number of alkyl halides is 2. The van der Waals surface area contributed by atoms with Gasteiger partial charge in [0.05, 0.1) is 6.04 Å². The summed E-state index contributed by atoms with van der Waals surface area (Å²) in [4.78, 5) is 41.1. The Morgan fingerprint density at radius 1 is 1.03 bits per heavy atom. The van der Waals surface area contributed by atoms with Crippen molar-refractivity contribution in [1.82, 2.24) is 9.80 Å². The molecule has 0 bridgehead atoms. The summed E-state index contributed by atoms with van der Waals surface area (Å²) in [5, 5.41) is 9.92. The molecule has 1 saturated heterocycles. The van der Waals surface area contributed by atoms with E-state index in [9.17, 15) is 28.3 Å². The molecule has 9 heteroatoms. The van der Waals surface area contributed by atoms with Gasteiger partial charge in [0.15, 0.2) is 0 Å². The summed E-state index contributed by atoms with van der Waals surface area (Å²) in [6, 6.07) is -1.02. The van der Waals surface area contributed by atoms with Crippen LogP contribution in [0.1, 0.15) is 80.6 Å². The average Bonchev–Trinajstić information content (AvgIpc) is 2.93. The van der Waals surface area contributed by atoms with Crippen molar-refractivity contribution in [3.05, 3.63) is 0 Å². The predicted molar refractivity (Wildman–Crippen MR) is 111 cm³/mol. The van der Waals surface area contributed by atoms with E-state index >= 15 is 0 Å². The molecule has 0 spiro atoms. The lowest BCUT2D eigenvalue weighted by Crippen LogP contribution is -2.54. The van der Waals surface area contributed by atoms with Crippen LogP contribution in [0.4, 0.5) is 13.6 Å². The first kappa shape index (κ1) is 25.3. The van der Waals surface area contributed by atoms with E-state index in [0.29, 0.717) is 0 Å². The third-order valence-corrected chi connectivity index (χ3v) is 6.05. The van der Waals surface area contributed by atoms with Crippen molar-refractivity contribution in [1.29, 1.82) is 0 Å². The minimum Gasteiger partial charge on any atom is -0.480 e. The number of likely N-dealkylation sites (tertiary alicyclic amines) is 1. The Labute approximate surface area is 183 Å². The first-order chi connectivity index (χ1) is 13.9. The van der Waals surface area contributed by atoms with E-state index in [4.69, 9.17) is 4.74 Å². The molecule has 0 aromatic rings. The average molecular weight is 447 g/mol. The van der Waals surface area contributed by atoms with Gasteiger partial charge in [-0.05, 0) is 40.5 Å². The summed E-state index contributed by atoms with van der Waals surface area (Å²) in [5.74, 6) is -4.17. The third kappa shape index (κ3) is 5.66. The lowest BCUT2D eigenvalue weighted by Gasteiger charge is -2.43. The van der Waals surface area contributed by atoms with Crippen LogP contribution in [0, 0.1) is 5.41 Å². The van der Waals surface area contributed by atoms with Crippen LogP contribution in [0.3, 0.4) is 0 Å². The maximum Gasteiger partial charge on any atom is 0.411 e. The van der Waals surface area contributed by atoms with Crippen LogP contribution >= 0.6 is 0 Å². The molecule has 0 aromatic carbocycles. The van der Waals surface area contributed by atoms with Crippen molar-refractivity contribution < 1.29 is 33.0 Å². The first-order valence-corrected chi connectivity index (χ1v) is 10.8. The Morgan fingerprint density at radius 3 is 1.97 bits per heavy atom. The lowest BCUT2D eigenvalue weighted by atomic mass is 9.86. The largest absolute Gasteiger partial charge is 0.480 e. The molecule has 1 N–H and O–H groups in total. The summed E-state index contributed by atoms with van der Waals surface area (Å²) >= 11 is 0. The van der Waals surface area contributed by atoms with Crippen molar-refractivity contribution in [2.45, 2.75) is 110 Å². The molecule has 2 amide bonds. The lowest BCUT2D eigenvalue weighted by molar-refractivity contribution is -0.150. The van der Waals surface area contributed by atoms with Crippen molar-refractivity contribution in [2.75, 3.05) is 6.54 Å². The number of hydrogen-bond acceptors (Lipinski definition) is 4. The van der Waals surface area contributed by atoms with Crippen LogP contribution in [-0.4, -0.2) is 68.6 Å². The Morgan fingerprint density at radius 2 is 1.55 bits per heavy atom. The molecule has 0 radical (unpaired) electrons. The van der Waals surface area contributed by atoms with Gasteiger partial charge in [-0.1, -0.05) is 20.8 Å². The Balaban J connectivity index is 2.38. The first-order valence-electron chi connectivity index (χ1n) is 10.8. The molecule has 1 heterocycles. The van der Waals surface area contributed by atoms with Gasteiger partial charge in [0.2, 0.25) is 11.8 Å². The van der Waals surface area contributed by atoms with E-state index in [1.165, 1.54) is 6.92 Å². The maximum atomic E-state index is 13.8. The van der Waals surface area contributed by atoms with Crippen molar-refractivity contribution in [2.24, 2.45) is 5.41 Å². The van der Waals surface area contributed by atoms with E-state index in [1.54, 1.807) is 46.4 Å². The molecule has 178 valence electrons. The molecule has 2 rings (SSSR count). The van der Waals surface area contributed by atoms with Crippen LogP contribution in [0.15, 0.2) is 0 Å². The minimum atomic E-state index is -2.75. The van der Waals surface area contributed by atoms with Gasteiger partial charge >= 0.3 is 12.1 Å². The highest BCUT2D eigenvalue weighted by molar-refractivity contribution is 5.86. The number of aliphatic carboxylic acids is 1. The van der Waals surface area contributed by atoms with Crippen LogP contribution < -0.4 is 0 Å². The quantitative estimate of drug-likeness (QED) is 0.699. The fraction of sp³-hybridized carbons (Fsp3) is 0.864. The molecule has 2 fully saturated rings. The van der Waals surface area contributed by atoms with E-state index in [-0.39, 0.29) is 44.6 Å². The molecular weight excluding hydrogens is 410 g/mol. The van der Waals surface area contributed by atoms with E-state index in [1.807, 2.05) is 0 Å². The molecule has 31 heavy (non-hydrogen) atoms. The maximum absolute atomic E-state index is 13.8. The van der Waals surface area contributed by atoms with Gasteiger partial charge in [-0.2, -0.15) is 0 Å². The fourth-order valence-electron chi connectivity index (χ4n) is 4.35. The minimum absolute atomic E-state index is 0.0102. The summed E-state index contributed by atoms with van der Waals surface area (Å²) in [6.45, 7) is 11.7. The topological polar surface area (TPSA) is 87.2 Å². The standard InChI is InChI=1S/C22H36F2N2O5/c1-19(2,3)16(27)26(14-8-10-22(23,24)11-9-14)15-12-21(7,17(28)29)25(13-15)18(30)31-20(4,5)6/h14-15H,8-13H2,1-7H3,(H,28,29)/t15-,21-/m0/s1. The number of carboxylic acids is 1. The zero-order chi connectivity index (χ0) is 24.0. The summed E-state index contributed by atoms with van der Waals surface area (Å²) in [5.41, 5.74) is -3.16. The number of ether oxygens (including phenoxy) is 1. The van der Waals surface area contributed by atoms with Gasteiger partial charge in [0, 0.05) is 37.3 Å². The van der Waals surface area contributed by atoms with Crippen molar-refractivity contribution >= 4 is 18.0 Å². The Hall–Kier alpha value is -1.93. The van der Waals surface area contributed by atoms with Crippen LogP contribution in [-0.2, 0) is 14.3 Å². The van der Waals surface area contributed by atoms with Crippen molar-refractivity contribution in [3.8, 4) is 0 Å². The molecule has 0 unspecified atom stereocenters. The SMILES string of the molecule is CC(C)(C)OC(=O)N1C[C@@H](N(C(=O)C(C)(C)C)C2CCC(F)(F)CC2)C[C@@]1(C)C(=O)O. The molecule has 2 aliphatic rings. The smallest absolute Gasteiger partial charge is 0.411 e.